The van der Waals surface area contributed by atoms with Gasteiger partial charge in [-0.3, -0.25) is 0 Å². The minimum atomic E-state index is 0.361. The van der Waals surface area contributed by atoms with E-state index in [1.165, 1.54) is 16.7 Å². The topological polar surface area (TPSA) is 40.5 Å². The van der Waals surface area contributed by atoms with Gasteiger partial charge >= 0.3 is 0 Å². The van der Waals surface area contributed by atoms with Crippen LogP contribution in [0.25, 0.3) is 0 Å². The van der Waals surface area contributed by atoms with E-state index in [4.69, 9.17) is 0 Å². The first-order valence-electron chi connectivity index (χ1n) is 8.02. The molecular weight excluding hydrogens is 272 g/mol. The molecule has 1 aliphatic rings. The van der Waals surface area contributed by atoms with Crippen molar-refractivity contribution < 1.29 is 10.2 Å². The van der Waals surface area contributed by atoms with E-state index >= 15 is 0 Å². The van der Waals surface area contributed by atoms with Gasteiger partial charge in [0, 0.05) is 5.92 Å². The molecule has 22 heavy (non-hydrogen) atoms. The van der Waals surface area contributed by atoms with E-state index in [0.717, 1.165) is 41.5 Å². The largest absolute Gasteiger partial charge is 0.507 e. The van der Waals surface area contributed by atoms with Crippen molar-refractivity contribution in [1.82, 2.24) is 0 Å². The molecule has 0 spiro atoms. The summed E-state index contributed by atoms with van der Waals surface area (Å²) in [7, 11) is 0. The molecule has 1 unspecified atom stereocenters. The molecule has 0 amide bonds. The second-order valence-electron chi connectivity index (χ2n) is 6.68. The fourth-order valence-corrected chi connectivity index (χ4v) is 3.86. The second-order valence-corrected chi connectivity index (χ2v) is 6.68. The molecule has 0 fully saturated rings. The van der Waals surface area contributed by atoms with Crippen LogP contribution in [0.4, 0.5) is 0 Å². The number of phenols is 2. The molecule has 0 aromatic heterocycles. The number of hydrogen-bond donors (Lipinski definition) is 2. The van der Waals surface area contributed by atoms with E-state index < -0.39 is 0 Å². The Morgan fingerprint density at radius 2 is 1.45 bits per heavy atom. The van der Waals surface area contributed by atoms with Crippen molar-refractivity contribution in [1.29, 1.82) is 0 Å². The van der Waals surface area contributed by atoms with E-state index in [1.54, 1.807) is 0 Å². The number of phenolic OH excluding ortho intramolecular Hbond substituents is 2. The van der Waals surface area contributed by atoms with Crippen LogP contribution < -0.4 is 0 Å². The molecule has 2 nitrogen and oxygen atoms in total. The zero-order valence-electron chi connectivity index (χ0n) is 13.8. The van der Waals surface area contributed by atoms with E-state index in [0.29, 0.717) is 17.4 Å². The number of hydrogen-bond acceptors (Lipinski definition) is 2. The van der Waals surface area contributed by atoms with Gasteiger partial charge in [0.2, 0.25) is 0 Å². The van der Waals surface area contributed by atoms with Crippen molar-refractivity contribution in [3.8, 4) is 11.5 Å². The van der Waals surface area contributed by atoms with Crippen molar-refractivity contribution >= 4 is 0 Å². The highest BCUT2D eigenvalue weighted by molar-refractivity contribution is 5.54. The molecule has 2 N–H and O–H groups in total. The molecule has 0 saturated carbocycles. The number of aromatic hydroxyl groups is 2. The van der Waals surface area contributed by atoms with E-state index in [2.05, 4.69) is 18.2 Å². The summed E-state index contributed by atoms with van der Waals surface area (Å²) in [6.45, 7) is 7.92. The molecule has 2 heteroatoms. The summed E-state index contributed by atoms with van der Waals surface area (Å²) in [6, 6.07) is 6.37. The van der Waals surface area contributed by atoms with Gasteiger partial charge in [-0.25, -0.2) is 0 Å². The predicted molar refractivity (Wildman–Crippen MR) is 89.9 cm³/mol. The van der Waals surface area contributed by atoms with Crippen LogP contribution in [0.3, 0.4) is 0 Å². The number of benzene rings is 2. The molecular formula is C20H24O2. The van der Waals surface area contributed by atoms with Crippen molar-refractivity contribution in [3.63, 3.8) is 0 Å². The first-order chi connectivity index (χ1) is 10.4. The standard InChI is InChI=1S/C20H24O2/c1-11-8-15(9-12(2)19(11)21)17-7-5-6-16-14(4)20(22)13(3)10-18(16)17/h8-10,17,21-22H,5-7H2,1-4H3. The van der Waals surface area contributed by atoms with Crippen molar-refractivity contribution in [2.24, 2.45) is 0 Å². The molecule has 0 saturated heterocycles. The van der Waals surface area contributed by atoms with Gasteiger partial charge < -0.3 is 10.2 Å². The molecule has 0 aliphatic heterocycles. The molecule has 1 atom stereocenters. The summed E-state index contributed by atoms with van der Waals surface area (Å²) in [5.41, 5.74) is 7.80. The highest BCUT2D eigenvalue weighted by Gasteiger charge is 2.25. The number of aryl methyl sites for hydroxylation is 3. The molecule has 0 heterocycles. The Bertz CT molecular complexity index is 721. The van der Waals surface area contributed by atoms with Crippen LogP contribution in [0.1, 0.15) is 57.7 Å². The second kappa shape index (κ2) is 5.35. The summed E-state index contributed by atoms with van der Waals surface area (Å²) in [4.78, 5) is 0. The maximum absolute atomic E-state index is 10.2. The normalized spacial score (nSPS) is 17.4. The van der Waals surface area contributed by atoms with Gasteiger partial charge in [-0.2, -0.15) is 0 Å². The highest BCUT2D eigenvalue weighted by Crippen LogP contribution is 2.42. The lowest BCUT2D eigenvalue weighted by Gasteiger charge is -2.29. The number of fused-ring (bicyclic) bond motifs is 1. The minimum Gasteiger partial charge on any atom is -0.507 e. The van der Waals surface area contributed by atoms with Gasteiger partial charge in [-0.05, 0) is 85.9 Å². The first kappa shape index (κ1) is 15.0. The monoisotopic (exact) mass is 296 g/mol. The van der Waals surface area contributed by atoms with Gasteiger partial charge in [-0.1, -0.05) is 18.2 Å². The average molecular weight is 296 g/mol. The van der Waals surface area contributed by atoms with Gasteiger partial charge in [0.15, 0.2) is 0 Å². The van der Waals surface area contributed by atoms with E-state index in [1.807, 2.05) is 27.7 Å². The van der Waals surface area contributed by atoms with Crippen LogP contribution in [-0.2, 0) is 6.42 Å². The fraction of sp³-hybridized carbons (Fsp3) is 0.400. The maximum atomic E-state index is 10.2. The molecule has 2 aromatic rings. The summed E-state index contributed by atoms with van der Waals surface area (Å²) in [5.74, 6) is 1.20. The third kappa shape index (κ3) is 2.27. The van der Waals surface area contributed by atoms with E-state index in [9.17, 15) is 10.2 Å². The third-order valence-electron chi connectivity index (χ3n) is 5.11. The quantitative estimate of drug-likeness (QED) is 0.793. The molecule has 2 aromatic carbocycles. The summed E-state index contributed by atoms with van der Waals surface area (Å²) in [6.07, 6.45) is 3.31. The molecule has 0 bridgehead atoms. The van der Waals surface area contributed by atoms with Crippen molar-refractivity contribution in [2.75, 3.05) is 0 Å². The lowest BCUT2D eigenvalue weighted by Crippen LogP contribution is -2.13. The minimum absolute atomic E-state index is 0.361. The molecule has 3 rings (SSSR count). The predicted octanol–water partition coefficient (Wildman–Crippen LogP) is 4.80. The zero-order chi connectivity index (χ0) is 16.0. The molecule has 116 valence electrons. The maximum Gasteiger partial charge on any atom is 0.121 e. The zero-order valence-corrected chi connectivity index (χ0v) is 13.8. The van der Waals surface area contributed by atoms with Crippen molar-refractivity contribution in [3.05, 3.63) is 57.1 Å². The Hall–Kier alpha value is -1.96. The number of rotatable bonds is 1. The van der Waals surface area contributed by atoms with Crippen LogP contribution in [0.15, 0.2) is 18.2 Å². The fourth-order valence-electron chi connectivity index (χ4n) is 3.86. The smallest absolute Gasteiger partial charge is 0.121 e. The Morgan fingerprint density at radius 1 is 0.864 bits per heavy atom. The first-order valence-corrected chi connectivity index (χ1v) is 8.02. The van der Waals surface area contributed by atoms with E-state index in [-0.39, 0.29) is 0 Å². The van der Waals surface area contributed by atoms with Gasteiger partial charge in [0.05, 0.1) is 0 Å². The average Bonchev–Trinajstić information content (AvgIpc) is 2.49. The van der Waals surface area contributed by atoms with Crippen molar-refractivity contribution in [2.45, 2.75) is 52.9 Å². The van der Waals surface area contributed by atoms with Crippen LogP contribution in [0.2, 0.25) is 0 Å². The summed E-state index contributed by atoms with van der Waals surface area (Å²) < 4.78 is 0. The lowest BCUT2D eigenvalue weighted by molar-refractivity contribution is 0.463. The Morgan fingerprint density at radius 3 is 2.09 bits per heavy atom. The van der Waals surface area contributed by atoms with Crippen LogP contribution >= 0.6 is 0 Å². The third-order valence-corrected chi connectivity index (χ3v) is 5.11. The summed E-state index contributed by atoms with van der Waals surface area (Å²) >= 11 is 0. The summed E-state index contributed by atoms with van der Waals surface area (Å²) in [5, 5.41) is 20.2. The Kier molecular flexibility index (Phi) is 3.64. The van der Waals surface area contributed by atoms with Crippen LogP contribution in [0, 0.1) is 27.7 Å². The van der Waals surface area contributed by atoms with Gasteiger partial charge in [0.1, 0.15) is 11.5 Å². The van der Waals surface area contributed by atoms with Gasteiger partial charge in [-0.15, -0.1) is 0 Å². The van der Waals surface area contributed by atoms with Crippen LogP contribution in [0.5, 0.6) is 11.5 Å². The SMILES string of the molecule is Cc1cc(C2CCCc3c2cc(C)c(O)c3C)cc(C)c1O. The molecule has 1 aliphatic carbocycles. The Balaban J connectivity index is 2.17. The highest BCUT2D eigenvalue weighted by atomic mass is 16.3. The lowest BCUT2D eigenvalue weighted by atomic mass is 9.76. The Labute approximate surface area is 132 Å². The molecule has 0 radical (unpaired) electrons. The van der Waals surface area contributed by atoms with Gasteiger partial charge in [0.25, 0.3) is 0 Å². The van der Waals surface area contributed by atoms with Crippen LogP contribution in [-0.4, -0.2) is 10.2 Å².